The van der Waals surface area contributed by atoms with E-state index in [1.165, 1.54) is 0 Å². The lowest BCUT2D eigenvalue weighted by molar-refractivity contribution is -0.130. The van der Waals surface area contributed by atoms with Crippen molar-refractivity contribution in [2.24, 2.45) is 11.1 Å². The molecule has 0 radical (unpaired) electrons. The highest BCUT2D eigenvalue weighted by Crippen LogP contribution is 2.37. The zero-order chi connectivity index (χ0) is 13.0. The van der Waals surface area contributed by atoms with Gasteiger partial charge in [-0.3, -0.25) is 4.79 Å². The van der Waals surface area contributed by atoms with E-state index in [0.717, 1.165) is 35.7 Å². The maximum Gasteiger partial charge on any atom is 0.227 e. The lowest BCUT2D eigenvalue weighted by Gasteiger charge is -2.25. The third-order valence-electron chi connectivity index (χ3n) is 3.80. The van der Waals surface area contributed by atoms with Crippen molar-refractivity contribution in [3.63, 3.8) is 0 Å². The molecular formula is C14H19BrN2O. The number of benzene rings is 1. The lowest BCUT2D eigenvalue weighted by atomic mass is 9.85. The van der Waals surface area contributed by atoms with Crippen molar-refractivity contribution in [3.05, 3.63) is 34.3 Å². The van der Waals surface area contributed by atoms with Gasteiger partial charge in [0.25, 0.3) is 0 Å². The molecule has 0 bridgehead atoms. The average molecular weight is 311 g/mol. The molecule has 1 fully saturated rings. The van der Waals surface area contributed by atoms with E-state index >= 15 is 0 Å². The largest absolute Gasteiger partial charge is 0.352 e. The van der Waals surface area contributed by atoms with Crippen LogP contribution < -0.4 is 11.1 Å². The van der Waals surface area contributed by atoms with Gasteiger partial charge in [0.2, 0.25) is 5.91 Å². The van der Waals surface area contributed by atoms with Crippen LogP contribution in [0.3, 0.4) is 0 Å². The van der Waals surface area contributed by atoms with Crippen molar-refractivity contribution in [3.8, 4) is 0 Å². The number of hydrogen-bond acceptors (Lipinski definition) is 2. The zero-order valence-corrected chi connectivity index (χ0v) is 12.0. The van der Waals surface area contributed by atoms with E-state index in [1.54, 1.807) is 0 Å². The number of nitrogens with one attached hydrogen (secondary N) is 1. The van der Waals surface area contributed by atoms with Gasteiger partial charge in [-0.2, -0.15) is 0 Å². The number of nitrogens with two attached hydrogens (primary N) is 1. The van der Waals surface area contributed by atoms with Crippen molar-refractivity contribution in [2.45, 2.75) is 32.2 Å². The molecule has 2 rings (SSSR count). The number of carbonyl (C=O) groups excluding carboxylic acids is 1. The third-order valence-corrected chi connectivity index (χ3v) is 4.33. The van der Waals surface area contributed by atoms with Crippen LogP contribution in [0.25, 0.3) is 0 Å². The maximum absolute atomic E-state index is 12.2. The molecule has 0 saturated heterocycles. The normalized spacial score (nSPS) is 17.7. The Labute approximate surface area is 116 Å². The summed E-state index contributed by atoms with van der Waals surface area (Å²) >= 11 is 3.40. The van der Waals surface area contributed by atoms with Crippen LogP contribution in [0.1, 0.15) is 31.2 Å². The molecule has 3 nitrogen and oxygen atoms in total. The number of halogens is 1. The Bertz CT molecular complexity index is 410. The second-order valence-corrected chi connectivity index (χ2v) is 5.92. The number of carbonyl (C=O) groups is 1. The van der Waals surface area contributed by atoms with E-state index in [0.29, 0.717) is 13.1 Å². The van der Waals surface area contributed by atoms with Crippen LogP contribution in [0.2, 0.25) is 0 Å². The molecule has 1 aliphatic rings. The molecule has 0 unspecified atom stereocenters. The van der Waals surface area contributed by atoms with Gasteiger partial charge in [-0.05, 0) is 30.5 Å². The van der Waals surface area contributed by atoms with Gasteiger partial charge in [-0.15, -0.1) is 0 Å². The summed E-state index contributed by atoms with van der Waals surface area (Å²) in [6.07, 6.45) is 4.08. The van der Waals surface area contributed by atoms with Crippen LogP contribution in [0.4, 0.5) is 0 Å². The number of rotatable bonds is 4. The third kappa shape index (κ3) is 2.93. The minimum Gasteiger partial charge on any atom is -0.352 e. The topological polar surface area (TPSA) is 55.1 Å². The van der Waals surface area contributed by atoms with Gasteiger partial charge >= 0.3 is 0 Å². The van der Waals surface area contributed by atoms with Crippen LogP contribution in [-0.2, 0) is 11.3 Å². The second kappa shape index (κ2) is 5.85. The molecule has 0 atom stereocenters. The fourth-order valence-electron chi connectivity index (χ4n) is 2.55. The molecule has 18 heavy (non-hydrogen) atoms. The van der Waals surface area contributed by atoms with Crippen molar-refractivity contribution >= 4 is 21.8 Å². The molecular weight excluding hydrogens is 292 g/mol. The van der Waals surface area contributed by atoms with Gasteiger partial charge in [0.1, 0.15) is 0 Å². The molecule has 1 aliphatic carbocycles. The summed E-state index contributed by atoms with van der Waals surface area (Å²) in [5.74, 6) is 0.116. The molecule has 3 N–H and O–H groups in total. The molecule has 0 heterocycles. The van der Waals surface area contributed by atoms with Crippen LogP contribution in [0, 0.1) is 5.41 Å². The summed E-state index contributed by atoms with van der Waals surface area (Å²) in [7, 11) is 0. The predicted molar refractivity (Wildman–Crippen MR) is 75.9 cm³/mol. The van der Waals surface area contributed by atoms with Crippen molar-refractivity contribution < 1.29 is 4.79 Å². The smallest absolute Gasteiger partial charge is 0.227 e. The van der Waals surface area contributed by atoms with E-state index in [1.807, 2.05) is 24.3 Å². The Morgan fingerprint density at radius 2 is 1.89 bits per heavy atom. The van der Waals surface area contributed by atoms with Crippen LogP contribution in [0.15, 0.2) is 28.7 Å². The van der Waals surface area contributed by atoms with Crippen LogP contribution in [0.5, 0.6) is 0 Å². The second-order valence-electron chi connectivity index (χ2n) is 5.00. The lowest BCUT2D eigenvalue weighted by Crippen LogP contribution is -2.43. The van der Waals surface area contributed by atoms with E-state index in [4.69, 9.17) is 5.73 Å². The first kappa shape index (κ1) is 13.6. The summed E-state index contributed by atoms with van der Waals surface area (Å²) in [4.78, 5) is 12.2. The van der Waals surface area contributed by atoms with Gasteiger partial charge in [0, 0.05) is 17.6 Å². The Balaban J connectivity index is 1.93. The minimum absolute atomic E-state index is 0.116. The zero-order valence-electron chi connectivity index (χ0n) is 10.4. The number of hydrogen-bond donors (Lipinski definition) is 2. The van der Waals surface area contributed by atoms with Crippen molar-refractivity contribution in [1.29, 1.82) is 0 Å². The molecule has 1 saturated carbocycles. The standard InChI is InChI=1S/C14H19BrN2O/c15-12-5-3-11(4-6-12)9-17-13(18)14(10-16)7-1-2-8-14/h3-6H,1-2,7-10,16H2,(H,17,18). The molecule has 0 aliphatic heterocycles. The quantitative estimate of drug-likeness (QED) is 0.898. The molecule has 0 spiro atoms. The average Bonchev–Trinajstić information content (AvgIpc) is 2.88. The van der Waals surface area contributed by atoms with E-state index in [9.17, 15) is 4.79 Å². The minimum atomic E-state index is -0.310. The van der Waals surface area contributed by atoms with Crippen molar-refractivity contribution in [1.82, 2.24) is 5.32 Å². The Hall–Kier alpha value is -0.870. The summed E-state index contributed by atoms with van der Waals surface area (Å²) in [5, 5.41) is 3.02. The molecule has 1 aromatic rings. The molecule has 0 aromatic heterocycles. The molecule has 1 aromatic carbocycles. The van der Waals surface area contributed by atoms with Gasteiger partial charge in [0.05, 0.1) is 5.41 Å². The first-order chi connectivity index (χ1) is 8.66. The summed E-state index contributed by atoms with van der Waals surface area (Å²) < 4.78 is 1.05. The van der Waals surface area contributed by atoms with Crippen LogP contribution in [-0.4, -0.2) is 12.5 Å². The van der Waals surface area contributed by atoms with Crippen molar-refractivity contribution in [2.75, 3.05) is 6.54 Å². The van der Waals surface area contributed by atoms with E-state index in [-0.39, 0.29) is 11.3 Å². The molecule has 98 valence electrons. The van der Waals surface area contributed by atoms with E-state index in [2.05, 4.69) is 21.2 Å². The first-order valence-electron chi connectivity index (χ1n) is 6.39. The summed E-state index contributed by atoms with van der Waals surface area (Å²) in [6.45, 7) is 1.03. The monoisotopic (exact) mass is 310 g/mol. The molecule has 1 amide bonds. The Kier molecular flexibility index (Phi) is 4.40. The van der Waals surface area contributed by atoms with E-state index < -0.39 is 0 Å². The maximum atomic E-state index is 12.2. The van der Waals surface area contributed by atoms with Gasteiger partial charge in [0.15, 0.2) is 0 Å². The Morgan fingerprint density at radius 1 is 1.28 bits per heavy atom. The van der Waals surface area contributed by atoms with Gasteiger partial charge < -0.3 is 11.1 Å². The first-order valence-corrected chi connectivity index (χ1v) is 7.18. The number of amides is 1. The fraction of sp³-hybridized carbons (Fsp3) is 0.500. The molecule has 4 heteroatoms. The highest BCUT2D eigenvalue weighted by molar-refractivity contribution is 9.10. The highest BCUT2D eigenvalue weighted by Gasteiger charge is 2.39. The van der Waals surface area contributed by atoms with Crippen LogP contribution >= 0.6 is 15.9 Å². The Morgan fingerprint density at radius 3 is 2.44 bits per heavy atom. The summed E-state index contributed by atoms with van der Waals surface area (Å²) in [5.41, 5.74) is 6.59. The highest BCUT2D eigenvalue weighted by atomic mass is 79.9. The van der Waals surface area contributed by atoms with Gasteiger partial charge in [-0.25, -0.2) is 0 Å². The fourth-order valence-corrected chi connectivity index (χ4v) is 2.81. The van der Waals surface area contributed by atoms with Gasteiger partial charge in [-0.1, -0.05) is 40.9 Å². The predicted octanol–water partition coefficient (Wildman–Crippen LogP) is 2.58. The summed E-state index contributed by atoms with van der Waals surface area (Å²) in [6, 6.07) is 7.98. The SMILES string of the molecule is NCC1(C(=O)NCc2ccc(Br)cc2)CCCC1.